The van der Waals surface area contributed by atoms with Gasteiger partial charge in [-0.25, -0.2) is 12.8 Å². The number of hydrogen-bond acceptors (Lipinski definition) is 6. The van der Waals surface area contributed by atoms with Crippen molar-refractivity contribution < 1.29 is 22.3 Å². The molecule has 0 atom stereocenters. The smallest absolute Gasteiger partial charge is 0.166 e. The van der Waals surface area contributed by atoms with E-state index in [1.165, 1.54) is 18.3 Å². The molecule has 0 aliphatic heterocycles. The van der Waals surface area contributed by atoms with E-state index in [4.69, 9.17) is 4.74 Å². The summed E-state index contributed by atoms with van der Waals surface area (Å²) in [6.45, 7) is 3.70. The lowest BCUT2D eigenvalue weighted by atomic mass is 10.0. The number of carbonyl (C=O) groups excluding carboxylic acids is 1. The SMILES string of the molecule is CCCC(=O)c1cnc2c(OCCS(C)(=O)=O)cccc2c1Nc1ccc(F)cc1C. The third kappa shape index (κ3) is 5.58. The van der Waals surface area contributed by atoms with Gasteiger partial charge >= 0.3 is 0 Å². The van der Waals surface area contributed by atoms with Crippen molar-refractivity contribution in [3.8, 4) is 5.75 Å². The van der Waals surface area contributed by atoms with Gasteiger partial charge < -0.3 is 10.1 Å². The monoisotopic (exact) mass is 444 g/mol. The molecule has 3 aromatic rings. The normalized spacial score (nSPS) is 11.5. The van der Waals surface area contributed by atoms with Gasteiger partial charge in [0.2, 0.25) is 0 Å². The van der Waals surface area contributed by atoms with Gasteiger partial charge in [0.25, 0.3) is 0 Å². The van der Waals surface area contributed by atoms with Crippen LogP contribution in [0.3, 0.4) is 0 Å². The van der Waals surface area contributed by atoms with Gasteiger partial charge in [-0.05, 0) is 43.2 Å². The zero-order valence-electron chi connectivity index (χ0n) is 17.7. The molecule has 8 heteroatoms. The van der Waals surface area contributed by atoms with E-state index in [0.29, 0.717) is 52.0 Å². The highest BCUT2D eigenvalue weighted by Gasteiger charge is 2.18. The second-order valence-corrected chi connectivity index (χ2v) is 9.69. The number of halogens is 1. The van der Waals surface area contributed by atoms with Gasteiger partial charge in [0, 0.05) is 29.9 Å². The van der Waals surface area contributed by atoms with E-state index in [1.54, 1.807) is 25.1 Å². The van der Waals surface area contributed by atoms with Crippen LogP contribution < -0.4 is 10.1 Å². The summed E-state index contributed by atoms with van der Waals surface area (Å²) in [6.07, 6.45) is 3.72. The van der Waals surface area contributed by atoms with Crippen LogP contribution in [0, 0.1) is 12.7 Å². The first kappa shape index (κ1) is 22.7. The predicted octanol–water partition coefficient (Wildman–Crippen LogP) is 4.83. The molecule has 0 aliphatic carbocycles. The zero-order chi connectivity index (χ0) is 22.6. The van der Waals surface area contributed by atoms with Crippen molar-refractivity contribution in [2.75, 3.05) is 23.9 Å². The number of rotatable bonds is 9. The minimum atomic E-state index is -3.16. The second-order valence-electron chi connectivity index (χ2n) is 7.43. The lowest BCUT2D eigenvalue weighted by Crippen LogP contribution is -2.12. The van der Waals surface area contributed by atoms with Gasteiger partial charge in [0.1, 0.15) is 23.7 Å². The Morgan fingerprint density at radius 2 is 2.00 bits per heavy atom. The van der Waals surface area contributed by atoms with Crippen molar-refractivity contribution in [3.63, 3.8) is 0 Å². The molecule has 0 radical (unpaired) electrons. The summed E-state index contributed by atoms with van der Waals surface area (Å²) < 4.78 is 42.1. The van der Waals surface area contributed by atoms with Gasteiger partial charge in [0.05, 0.1) is 17.0 Å². The fraction of sp³-hybridized carbons (Fsp3) is 0.304. The summed E-state index contributed by atoms with van der Waals surface area (Å²) in [4.78, 5) is 17.2. The van der Waals surface area contributed by atoms with Crippen LogP contribution in [-0.4, -0.2) is 37.8 Å². The number of anilines is 2. The Morgan fingerprint density at radius 3 is 2.68 bits per heavy atom. The lowest BCUT2D eigenvalue weighted by molar-refractivity contribution is 0.0982. The van der Waals surface area contributed by atoms with Crippen LogP contribution in [0.25, 0.3) is 10.9 Å². The fourth-order valence-electron chi connectivity index (χ4n) is 3.23. The third-order valence-corrected chi connectivity index (χ3v) is 5.71. The zero-order valence-corrected chi connectivity index (χ0v) is 18.6. The van der Waals surface area contributed by atoms with Crippen molar-refractivity contribution >= 4 is 37.9 Å². The van der Waals surface area contributed by atoms with Crippen LogP contribution in [0.1, 0.15) is 35.7 Å². The highest BCUT2D eigenvalue weighted by molar-refractivity contribution is 7.90. The number of ether oxygens (including phenoxy) is 1. The molecule has 0 saturated heterocycles. The molecule has 0 aliphatic rings. The van der Waals surface area contributed by atoms with E-state index in [0.717, 1.165) is 6.26 Å². The van der Waals surface area contributed by atoms with Crippen LogP contribution >= 0.6 is 0 Å². The summed E-state index contributed by atoms with van der Waals surface area (Å²) >= 11 is 0. The van der Waals surface area contributed by atoms with Crippen molar-refractivity contribution in [2.24, 2.45) is 0 Å². The number of hydrogen-bond donors (Lipinski definition) is 1. The van der Waals surface area contributed by atoms with E-state index in [9.17, 15) is 17.6 Å². The van der Waals surface area contributed by atoms with Gasteiger partial charge in [-0.3, -0.25) is 9.78 Å². The van der Waals surface area contributed by atoms with Crippen LogP contribution in [-0.2, 0) is 9.84 Å². The summed E-state index contributed by atoms with van der Waals surface area (Å²) in [5.41, 5.74) is 2.87. The first-order valence-corrected chi connectivity index (χ1v) is 12.0. The maximum absolute atomic E-state index is 13.6. The Labute approximate surface area is 181 Å². The minimum absolute atomic E-state index is 0.00399. The third-order valence-electron chi connectivity index (χ3n) is 4.80. The maximum Gasteiger partial charge on any atom is 0.166 e. The molecule has 3 rings (SSSR count). The minimum Gasteiger partial charge on any atom is -0.490 e. The summed E-state index contributed by atoms with van der Waals surface area (Å²) in [5.74, 6) is -0.0837. The number of carbonyl (C=O) groups is 1. The number of pyridine rings is 1. The van der Waals surface area contributed by atoms with E-state index in [2.05, 4.69) is 10.3 Å². The van der Waals surface area contributed by atoms with E-state index in [1.807, 2.05) is 13.0 Å². The quantitative estimate of drug-likeness (QED) is 0.476. The number of Topliss-reactive ketones (excluding diaryl/α,β-unsaturated/α-hetero) is 1. The molecular weight excluding hydrogens is 419 g/mol. The highest BCUT2D eigenvalue weighted by atomic mass is 32.2. The Balaban J connectivity index is 2.09. The molecule has 0 spiro atoms. The molecule has 6 nitrogen and oxygen atoms in total. The molecular formula is C23H25FN2O4S. The first-order valence-electron chi connectivity index (χ1n) is 9.98. The number of ketones is 1. The number of sulfone groups is 1. The number of aromatic nitrogens is 1. The average molecular weight is 445 g/mol. The topological polar surface area (TPSA) is 85.4 Å². The molecule has 2 aromatic carbocycles. The molecule has 1 N–H and O–H groups in total. The maximum atomic E-state index is 13.6. The van der Waals surface area contributed by atoms with E-state index in [-0.39, 0.29) is 24.0 Å². The number of para-hydroxylation sites is 1. The number of nitrogens with one attached hydrogen (secondary N) is 1. The number of benzene rings is 2. The average Bonchev–Trinajstić information content (AvgIpc) is 2.69. The molecule has 0 bridgehead atoms. The number of fused-ring (bicyclic) bond motifs is 1. The second kappa shape index (κ2) is 9.43. The highest BCUT2D eigenvalue weighted by Crippen LogP contribution is 2.35. The van der Waals surface area contributed by atoms with Gasteiger partial charge in [-0.15, -0.1) is 0 Å². The number of aryl methyl sites for hydroxylation is 1. The number of nitrogens with zero attached hydrogens (tertiary/aromatic N) is 1. The summed E-state index contributed by atoms with van der Waals surface area (Å²) in [7, 11) is -3.16. The molecule has 0 amide bonds. The van der Waals surface area contributed by atoms with E-state index < -0.39 is 9.84 Å². The fourth-order valence-corrected chi connectivity index (χ4v) is 3.61. The molecule has 0 unspecified atom stereocenters. The van der Waals surface area contributed by atoms with E-state index >= 15 is 0 Å². The Hall–Kier alpha value is -3.00. The predicted molar refractivity (Wildman–Crippen MR) is 121 cm³/mol. The Bertz CT molecular complexity index is 1230. The van der Waals surface area contributed by atoms with Gasteiger partial charge in [-0.2, -0.15) is 0 Å². The molecule has 31 heavy (non-hydrogen) atoms. The van der Waals surface area contributed by atoms with Crippen molar-refractivity contribution in [1.29, 1.82) is 0 Å². The van der Waals surface area contributed by atoms with Gasteiger partial charge in [-0.1, -0.05) is 19.1 Å². The van der Waals surface area contributed by atoms with Crippen molar-refractivity contribution in [3.05, 3.63) is 59.5 Å². The van der Waals surface area contributed by atoms with Gasteiger partial charge in [0.15, 0.2) is 15.6 Å². The largest absolute Gasteiger partial charge is 0.490 e. The molecule has 0 fully saturated rings. The molecule has 1 aromatic heterocycles. The van der Waals surface area contributed by atoms with Crippen LogP contribution in [0.4, 0.5) is 15.8 Å². The first-order chi connectivity index (χ1) is 14.7. The molecule has 1 heterocycles. The lowest BCUT2D eigenvalue weighted by Gasteiger charge is -2.17. The van der Waals surface area contributed by atoms with Crippen molar-refractivity contribution in [2.45, 2.75) is 26.7 Å². The van der Waals surface area contributed by atoms with Crippen LogP contribution in [0.5, 0.6) is 5.75 Å². The van der Waals surface area contributed by atoms with Crippen LogP contribution in [0.2, 0.25) is 0 Å². The Morgan fingerprint density at radius 1 is 1.23 bits per heavy atom. The Kier molecular flexibility index (Phi) is 6.90. The summed E-state index contributed by atoms with van der Waals surface area (Å²) in [6, 6.07) is 9.67. The summed E-state index contributed by atoms with van der Waals surface area (Å²) in [5, 5.41) is 3.93. The molecule has 0 saturated carbocycles. The van der Waals surface area contributed by atoms with Crippen molar-refractivity contribution in [1.82, 2.24) is 4.98 Å². The standard InChI is InChI=1S/C23H25FN2O4S/c1-4-6-20(27)18-14-25-23-17(7-5-8-21(23)30-11-12-31(3,28)29)22(18)26-19-10-9-16(24)13-15(19)2/h5,7-10,13-14H,4,6,11-12H2,1-3H3,(H,25,26). The molecule has 164 valence electrons. The van der Waals surface area contributed by atoms with Crippen LogP contribution in [0.15, 0.2) is 42.6 Å².